The summed E-state index contributed by atoms with van der Waals surface area (Å²) in [4.78, 5) is 11.7. The molecule has 1 aliphatic heterocycles. The van der Waals surface area contributed by atoms with Gasteiger partial charge in [-0.1, -0.05) is 0 Å². The van der Waals surface area contributed by atoms with Crippen molar-refractivity contribution in [2.75, 3.05) is 6.61 Å². The molecule has 1 aromatic rings. The number of carbonyl (C=O) groups excluding carboxylic acids is 1. The summed E-state index contributed by atoms with van der Waals surface area (Å²) < 4.78 is 56.9. The summed E-state index contributed by atoms with van der Waals surface area (Å²) in [7, 11) is 0. The Kier molecular flexibility index (Phi) is 2.88. The van der Waals surface area contributed by atoms with Gasteiger partial charge in [0, 0.05) is 5.56 Å². The van der Waals surface area contributed by atoms with Crippen molar-refractivity contribution in [3.63, 3.8) is 0 Å². The molecular formula is C13H11F4NO2. The van der Waals surface area contributed by atoms with Crippen LogP contribution in [0.2, 0.25) is 0 Å². The van der Waals surface area contributed by atoms with Gasteiger partial charge < -0.3 is 4.74 Å². The van der Waals surface area contributed by atoms with E-state index in [1.807, 2.05) is 0 Å². The molecule has 0 aromatic heterocycles. The Labute approximate surface area is 111 Å². The van der Waals surface area contributed by atoms with Crippen LogP contribution < -0.4 is 10.1 Å². The van der Waals surface area contributed by atoms with E-state index in [0.29, 0.717) is 18.4 Å². The summed E-state index contributed by atoms with van der Waals surface area (Å²) in [6, 6.07) is -1.02. The molecule has 20 heavy (non-hydrogen) atoms. The van der Waals surface area contributed by atoms with Gasteiger partial charge in [-0.2, -0.15) is 8.78 Å². The number of nitrogens with one attached hydrogen (secondary N) is 1. The summed E-state index contributed by atoms with van der Waals surface area (Å²) in [5, 5.41) is 1.68. The topological polar surface area (TPSA) is 38.3 Å². The van der Waals surface area contributed by atoms with E-state index in [4.69, 9.17) is 4.74 Å². The van der Waals surface area contributed by atoms with Gasteiger partial charge in [0.25, 0.3) is 6.43 Å². The third kappa shape index (κ3) is 1.92. The highest BCUT2D eigenvalue weighted by Gasteiger charge is 2.48. The van der Waals surface area contributed by atoms with Crippen molar-refractivity contribution in [2.45, 2.75) is 31.2 Å². The van der Waals surface area contributed by atoms with Crippen molar-refractivity contribution < 1.29 is 27.1 Å². The van der Waals surface area contributed by atoms with Gasteiger partial charge in [-0.3, -0.25) is 10.1 Å². The largest absolute Gasteiger partial charge is 0.487 e. The molecular weight excluding hydrogens is 278 g/mol. The van der Waals surface area contributed by atoms with Gasteiger partial charge in [-0.05, 0) is 36.1 Å². The van der Waals surface area contributed by atoms with Crippen LogP contribution in [0.4, 0.5) is 17.6 Å². The zero-order valence-corrected chi connectivity index (χ0v) is 10.3. The predicted octanol–water partition coefficient (Wildman–Crippen LogP) is 2.54. The van der Waals surface area contributed by atoms with E-state index in [-0.39, 0.29) is 16.9 Å². The van der Waals surface area contributed by atoms with Gasteiger partial charge in [0.15, 0.2) is 0 Å². The summed E-state index contributed by atoms with van der Waals surface area (Å²) in [5.41, 5.74) is 0.423. The van der Waals surface area contributed by atoms with Gasteiger partial charge in [-0.25, -0.2) is 8.78 Å². The Morgan fingerprint density at radius 3 is 2.85 bits per heavy atom. The van der Waals surface area contributed by atoms with E-state index < -0.39 is 30.9 Å². The van der Waals surface area contributed by atoms with E-state index in [1.165, 1.54) is 6.07 Å². The predicted molar refractivity (Wildman–Crippen MR) is 61.0 cm³/mol. The number of alkyl halides is 4. The van der Waals surface area contributed by atoms with Gasteiger partial charge in [0.2, 0.25) is 5.91 Å². The average Bonchev–Trinajstić information content (AvgIpc) is 2.78. The van der Waals surface area contributed by atoms with Crippen molar-refractivity contribution in [1.82, 2.24) is 5.32 Å². The highest BCUT2D eigenvalue weighted by atomic mass is 19.3. The molecule has 1 atom stereocenters. The molecule has 1 aromatic carbocycles. The number of carbonyl (C=O) groups is 1. The molecule has 0 saturated carbocycles. The van der Waals surface area contributed by atoms with E-state index in [9.17, 15) is 22.4 Å². The maximum atomic E-state index is 13.8. The van der Waals surface area contributed by atoms with Crippen molar-refractivity contribution in [2.24, 2.45) is 0 Å². The molecule has 3 rings (SSSR count). The van der Waals surface area contributed by atoms with Crippen molar-refractivity contribution in [3.8, 4) is 5.75 Å². The molecule has 1 N–H and O–H groups in total. The lowest BCUT2D eigenvalue weighted by atomic mass is 9.90. The second-order valence-electron chi connectivity index (χ2n) is 4.86. The Balaban J connectivity index is 2.05. The SMILES string of the molecule is O=C1NC(F)(F)c2ccc(OCC(F)F)c3c2C1CC3. The van der Waals surface area contributed by atoms with Crippen molar-refractivity contribution >= 4 is 5.91 Å². The zero-order chi connectivity index (χ0) is 14.5. The first-order valence-electron chi connectivity index (χ1n) is 6.17. The third-order valence-corrected chi connectivity index (χ3v) is 3.65. The molecule has 108 valence electrons. The Morgan fingerprint density at radius 2 is 2.15 bits per heavy atom. The second kappa shape index (κ2) is 4.36. The average molecular weight is 289 g/mol. The first kappa shape index (κ1) is 13.2. The van der Waals surface area contributed by atoms with Crippen molar-refractivity contribution in [3.05, 3.63) is 28.8 Å². The number of benzene rings is 1. The lowest BCUT2D eigenvalue weighted by molar-refractivity contribution is -0.137. The van der Waals surface area contributed by atoms with Crippen LogP contribution in [0.25, 0.3) is 0 Å². The van der Waals surface area contributed by atoms with E-state index >= 15 is 0 Å². The van der Waals surface area contributed by atoms with Gasteiger partial charge in [-0.15, -0.1) is 0 Å². The fourth-order valence-electron chi connectivity index (χ4n) is 2.87. The molecule has 1 amide bonds. The highest BCUT2D eigenvalue weighted by Crippen LogP contribution is 2.47. The smallest absolute Gasteiger partial charge is 0.352 e. The number of halogens is 4. The number of hydrogen-bond acceptors (Lipinski definition) is 2. The first-order valence-corrected chi connectivity index (χ1v) is 6.17. The summed E-state index contributed by atoms with van der Waals surface area (Å²) in [6.07, 6.45) is -1.88. The molecule has 2 aliphatic rings. The Hall–Kier alpha value is -1.79. The van der Waals surface area contributed by atoms with Crippen LogP contribution in [0, 0.1) is 0 Å². The van der Waals surface area contributed by atoms with Crippen LogP contribution >= 0.6 is 0 Å². The molecule has 0 radical (unpaired) electrons. The molecule has 7 heteroatoms. The minimum absolute atomic E-state index is 0.164. The van der Waals surface area contributed by atoms with Crippen LogP contribution in [0.15, 0.2) is 12.1 Å². The van der Waals surface area contributed by atoms with Gasteiger partial charge in [0.1, 0.15) is 12.4 Å². The summed E-state index contributed by atoms with van der Waals surface area (Å²) in [6.45, 7) is -0.793. The number of amides is 1. The molecule has 3 nitrogen and oxygen atoms in total. The molecule has 1 aliphatic carbocycles. The van der Waals surface area contributed by atoms with Crippen LogP contribution in [0.3, 0.4) is 0 Å². The zero-order valence-electron chi connectivity index (χ0n) is 10.3. The summed E-state index contributed by atoms with van der Waals surface area (Å²) >= 11 is 0. The van der Waals surface area contributed by atoms with E-state index in [0.717, 1.165) is 6.07 Å². The second-order valence-corrected chi connectivity index (χ2v) is 4.86. The third-order valence-electron chi connectivity index (χ3n) is 3.65. The number of ether oxygens (including phenoxy) is 1. The molecule has 0 saturated heterocycles. The maximum Gasteiger partial charge on any atom is 0.352 e. The molecule has 0 fully saturated rings. The molecule has 0 bridgehead atoms. The maximum absolute atomic E-state index is 13.8. The Bertz CT molecular complexity index is 574. The van der Waals surface area contributed by atoms with E-state index in [2.05, 4.69) is 0 Å². The quantitative estimate of drug-likeness (QED) is 0.686. The summed E-state index contributed by atoms with van der Waals surface area (Å²) in [5.74, 6) is -1.21. The lowest BCUT2D eigenvalue weighted by Gasteiger charge is -2.29. The van der Waals surface area contributed by atoms with Crippen LogP contribution in [0.1, 0.15) is 29.0 Å². The number of rotatable bonds is 3. The van der Waals surface area contributed by atoms with Crippen molar-refractivity contribution in [1.29, 1.82) is 0 Å². The monoisotopic (exact) mass is 289 g/mol. The van der Waals surface area contributed by atoms with Crippen LogP contribution in [-0.2, 0) is 17.3 Å². The van der Waals surface area contributed by atoms with Gasteiger partial charge >= 0.3 is 6.05 Å². The standard InChI is InChI=1S/C13H11F4NO2/c14-10(15)5-20-9-4-3-8-11-6(9)1-2-7(11)12(19)18-13(8,16)17/h3-4,7,10H,1-2,5H2,(H,18,19). The molecule has 1 unspecified atom stereocenters. The normalized spacial score (nSPS) is 22.6. The minimum atomic E-state index is -3.43. The first-order chi connectivity index (χ1) is 9.40. The number of hydrogen-bond donors (Lipinski definition) is 1. The fraction of sp³-hybridized carbons (Fsp3) is 0.462. The van der Waals surface area contributed by atoms with Gasteiger partial charge in [0.05, 0.1) is 5.92 Å². The fourth-order valence-corrected chi connectivity index (χ4v) is 2.87. The molecule has 0 spiro atoms. The Morgan fingerprint density at radius 1 is 1.40 bits per heavy atom. The molecule has 1 heterocycles. The highest BCUT2D eigenvalue weighted by molar-refractivity contribution is 5.88. The lowest BCUT2D eigenvalue weighted by Crippen LogP contribution is -2.46. The van der Waals surface area contributed by atoms with E-state index in [1.54, 1.807) is 5.32 Å². The van der Waals surface area contributed by atoms with Crippen LogP contribution in [0.5, 0.6) is 5.75 Å². The van der Waals surface area contributed by atoms with Crippen LogP contribution in [-0.4, -0.2) is 18.9 Å². The minimum Gasteiger partial charge on any atom is -0.487 e.